The van der Waals surface area contributed by atoms with E-state index in [1.165, 1.54) is 10.7 Å². The highest BCUT2D eigenvalue weighted by molar-refractivity contribution is 5.76. The third-order valence-corrected chi connectivity index (χ3v) is 3.38. The van der Waals surface area contributed by atoms with Gasteiger partial charge in [0.25, 0.3) is 0 Å². The van der Waals surface area contributed by atoms with Gasteiger partial charge in [0.1, 0.15) is 0 Å². The Morgan fingerprint density at radius 2 is 2.09 bits per heavy atom. The van der Waals surface area contributed by atoms with Gasteiger partial charge >= 0.3 is 5.82 Å². The van der Waals surface area contributed by atoms with Gasteiger partial charge in [-0.2, -0.15) is 4.68 Å². The number of aromatic nitrogens is 2. The van der Waals surface area contributed by atoms with Crippen LogP contribution in [0.4, 0.5) is 5.82 Å². The summed E-state index contributed by atoms with van der Waals surface area (Å²) in [5.74, 6) is -0.315. The fourth-order valence-electron chi connectivity index (χ4n) is 2.15. The zero-order valence-corrected chi connectivity index (χ0v) is 12.5. The predicted molar refractivity (Wildman–Crippen MR) is 81.2 cm³/mol. The largest absolute Gasteiger partial charge is 0.390 e. The molecule has 2 aromatic rings. The molecule has 0 fully saturated rings. The highest BCUT2D eigenvalue weighted by Crippen LogP contribution is 2.13. The normalized spacial score (nSPS) is 11.9. The van der Waals surface area contributed by atoms with E-state index in [4.69, 9.17) is 0 Å². The molecular formula is C15H18N4O3. The SMILES string of the molecule is Cc1cc([N+](=O)[O-])nn1CCC(=O)NC(C)c1ccccc1. The van der Waals surface area contributed by atoms with Crippen LogP contribution in [0.1, 0.15) is 30.6 Å². The fraction of sp³-hybridized carbons (Fsp3) is 0.333. The first kappa shape index (κ1) is 15.7. The maximum atomic E-state index is 12.0. The lowest BCUT2D eigenvalue weighted by molar-refractivity contribution is -0.389. The first-order valence-corrected chi connectivity index (χ1v) is 7.00. The molecule has 2 rings (SSSR count). The van der Waals surface area contributed by atoms with E-state index in [1.54, 1.807) is 6.92 Å². The van der Waals surface area contributed by atoms with Crippen LogP contribution < -0.4 is 5.32 Å². The molecule has 0 aliphatic heterocycles. The lowest BCUT2D eigenvalue weighted by Crippen LogP contribution is -2.27. The summed E-state index contributed by atoms with van der Waals surface area (Å²) in [4.78, 5) is 22.1. The number of nitro groups is 1. The Morgan fingerprint density at radius 3 is 2.68 bits per heavy atom. The first-order valence-electron chi connectivity index (χ1n) is 7.00. The zero-order chi connectivity index (χ0) is 16.1. The second kappa shape index (κ2) is 6.84. The molecule has 0 bridgehead atoms. The molecule has 0 aliphatic carbocycles. The highest BCUT2D eigenvalue weighted by atomic mass is 16.6. The summed E-state index contributed by atoms with van der Waals surface area (Å²) in [6.45, 7) is 3.95. The van der Waals surface area contributed by atoms with Crippen molar-refractivity contribution in [3.8, 4) is 0 Å². The molecule has 1 N–H and O–H groups in total. The summed E-state index contributed by atoms with van der Waals surface area (Å²) >= 11 is 0. The van der Waals surface area contributed by atoms with Crippen molar-refractivity contribution in [2.45, 2.75) is 32.9 Å². The predicted octanol–water partition coefficient (Wildman–Crippen LogP) is 2.37. The van der Waals surface area contributed by atoms with Gasteiger partial charge in [-0.3, -0.25) is 4.79 Å². The Labute approximate surface area is 128 Å². The van der Waals surface area contributed by atoms with Crippen molar-refractivity contribution in [3.63, 3.8) is 0 Å². The number of nitrogens with one attached hydrogen (secondary N) is 1. The molecule has 0 spiro atoms. The molecule has 1 heterocycles. The maximum absolute atomic E-state index is 12.0. The van der Waals surface area contributed by atoms with E-state index in [0.29, 0.717) is 12.2 Å². The molecule has 1 unspecified atom stereocenters. The van der Waals surface area contributed by atoms with Crippen LogP contribution in [0.15, 0.2) is 36.4 Å². The Bertz CT molecular complexity index is 667. The van der Waals surface area contributed by atoms with Crippen molar-refractivity contribution >= 4 is 11.7 Å². The summed E-state index contributed by atoms with van der Waals surface area (Å²) in [5.41, 5.74) is 1.69. The number of hydrogen-bond donors (Lipinski definition) is 1. The third-order valence-electron chi connectivity index (χ3n) is 3.38. The zero-order valence-electron chi connectivity index (χ0n) is 12.5. The van der Waals surface area contributed by atoms with Gasteiger partial charge in [0.05, 0.1) is 29.4 Å². The summed E-state index contributed by atoms with van der Waals surface area (Å²) < 4.78 is 1.48. The maximum Gasteiger partial charge on any atom is 0.390 e. The fourth-order valence-corrected chi connectivity index (χ4v) is 2.15. The number of carbonyl (C=O) groups is 1. The number of aryl methyl sites for hydroxylation is 2. The van der Waals surface area contributed by atoms with Crippen LogP contribution in [0.5, 0.6) is 0 Å². The Balaban J connectivity index is 1.89. The van der Waals surface area contributed by atoms with Gasteiger partial charge in [-0.05, 0) is 24.3 Å². The van der Waals surface area contributed by atoms with Crippen LogP contribution in [0.25, 0.3) is 0 Å². The van der Waals surface area contributed by atoms with Crippen molar-refractivity contribution in [1.82, 2.24) is 15.1 Å². The van der Waals surface area contributed by atoms with Crippen LogP contribution in [-0.2, 0) is 11.3 Å². The quantitative estimate of drug-likeness (QED) is 0.655. The molecule has 7 heteroatoms. The summed E-state index contributed by atoms with van der Waals surface area (Å²) in [7, 11) is 0. The number of nitrogens with zero attached hydrogens (tertiary/aromatic N) is 3. The minimum Gasteiger partial charge on any atom is -0.358 e. The van der Waals surface area contributed by atoms with E-state index in [9.17, 15) is 14.9 Å². The van der Waals surface area contributed by atoms with Crippen LogP contribution >= 0.6 is 0 Å². The molecule has 0 saturated carbocycles. The summed E-state index contributed by atoms with van der Waals surface area (Å²) in [5, 5.41) is 17.4. The molecule has 1 atom stereocenters. The standard InChI is InChI=1S/C15H18N4O3/c1-11-10-14(19(21)22)17-18(11)9-8-15(20)16-12(2)13-6-4-3-5-7-13/h3-7,10,12H,8-9H2,1-2H3,(H,16,20). The van der Waals surface area contributed by atoms with E-state index in [-0.39, 0.29) is 24.2 Å². The highest BCUT2D eigenvalue weighted by Gasteiger charge is 2.16. The molecule has 0 saturated heterocycles. The van der Waals surface area contributed by atoms with Crippen LogP contribution in [0, 0.1) is 17.0 Å². The second-order valence-corrected chi connectivity index (χ2v) is 5.07. The molecule has 22 heavy (non-hydrogen) atoms. The molecule has 0 aliphatic rings. The smallest absolute Gasteiger partial charge is 0.358 e. The van der Waals surface area contributed by atoms with Gasteiger partial charge in [0, 0.05) is 6.42 Å². The van der Waals surface area contributed by atoms with Crippen LogP contribution in [0.3, 0.4) is 0 Å². The molecule has 7 nitrogen and oxygen atoms in total. The Morgan fingerprint density at radius 1 is 1.41 bits per heavy atom. The molecule has 1 aromatic heterocycles. The average molecular weight is 302 g/mol. The lowest BCUT2D eigenvalue weighted by atomic mass is 10.1. The van der Waals surface area contributed by atoms with Gasteiger partial charge in [0.15, 0.2) is 0 Å². The molecule has 0 radical (unpaired) electrons. The number of hydrogen-bond acceptors (Lipinski definition) is 4. The minimum absolute atomic E-state index is 0.0817. The van der Waals surface area contributed by atoms with Crippen molar-refractivity contribution in [2.24, 2.45) is 0 Å². The van der Waals surface area contributed by atoms with E-state index in [0.717, 1.165) is 5.56 Å². The minimum atomic E-state index is -0.541. The van der Waals surface area contributed by atoms with E-state index in [1.807, 2.05) is 37.3 Å². The third kappa shape index (κ3) is 3.91. The average Bonchev–Trinajstić information content (AvgIpc) is 2.87. The Hall–Kier alpha value is -2.70. The van der Waals surface area contributed by atoms with Gasteiger partial charge < -0.3 is 15.4 Å². The van der Waals surface area contributed by atoms with Crippen molar-refractivity contribution in [1.29, 1.82) is 0 Å². The number of benzene rings is 1. The van der Waals surface area contributed by atoms with Gasteiger partial charge in [-0.25, -0.2) is 0 Å². The Kier molecular flexibility index (Phi) is 4.88. The van der Waals surface area contributed by atoms with Crippen molar-refractivity contribution in [3.05, 3.63) is 57.8 Å². The van der Waals surface area contributed by atoms with Gasteiger partial charge in [-0.15, -0.1) is 0 Å². The second-order valence-electron chi connectivity index (χ2n) is 5.07. The van der Waals surface area contributed by atoms with E-state index in [2.05, 4.69) is 10.4 Å². The molecule has 1 aromatic carbocycles. The molecular weight excluding hydrogens is 284 g/mol. The summed E-state index contributed by atoms with van der Waals surface area (Å²) in [6, 6.07) is 11.0. The van der Waals surface area contributed by atoms with Crippen LogP contribution in [0.2, 0.25) is 0 Å². The lowest BCUT2D eigenvalue weighted by Gasteiger charge is -2.14. The van der Waals surface area contributed by atoms with E-state index < -0.39 is 4.92 Å². The molecule has 1 amide bonds. The topological polar surface area (TPSA) is 90.1 Å². The first-order chi connectivity index (χ1) is 10.5. The van der Waals surface area contributed by atoms with Gasteiger partial charge in [-0.1, -0.05) is 30.3 Å². The number of carbonyl (C=O) groups excluding carboxylic acids is 1. The van der Waals surface area contributed by atoms with Crippen LogP contribution in [-0.4, -0.2) is 20.6 Å². The van der Waals surface area contributed by atoms with Crippen molar-refractivity contribution < 1.29 is 9.72 Å². The number of amides is 1. The van der Waals surface area contributed by atoms with E-state index >= 15 is 0 Å². The van der Waals surface area contributed by atoms with Gasteiger partial charge in [0.2, 0.25) is 5.91 Å². The monoisotopic (exact) mass is 302 g/mol. The summed E-state index contributed by atoms with van der Waals surface area (Å²) in [6.07, 6.45) is 0.219. The van der Waals surface area contributed by atoms with Crippen molar-refractivity contribution in [2.75, 3.05) is 0 Å². The molecule has 116 valence electrons. The number of rotatable bonds is 6.